The highest BCUT2D eigenvalue weighted by Gasteiger charge is 2.17. The summed E-state index contributed by atoms with van der Waals surface area (Å²) in [6.07, 6.45) is 0. The van der Waals surface area contributed by atoms with Crippen molar-refractivity contribution in [1.82, 2.24) is 9.78 Å². The Kier molecular flexibility index (Phi) is 4.52. The van der Waals surface area contributed by atoms with E-state index in [0.29, 0.717) is 23.2 Å². The molecule has 0 radical (unpaired) electrons. The Labute approximate surface area is 145 Å². The molecule has 128 valence electrons. The molecular formula is C19H19N3O3. The molecule has 0 bridgehead atoms. The van der Waals surface area contributed by atoms with Crippen molar-refractivity contribution in [3.63, 3.8) is 0 Å². The van der Waals surface area contributed by atoms with Crippen molar-refractivity contribution in [3.8, 4) is 5.75 Å². The summed E-state index contributed by atoms with van der Waals surface area (Å²) >= 11 is 0. The van der Waals surface area contributed by atoms with Crippen molar-refractivity contribution in [2.24, 2.45) is 7.05 Å². The summed E-state index contributed by atoms with van der Waals surface area (Å²) in [5.74, 6) is 0.184. The zero-order chi connectivity index (χ0) is 18.0. The van der Waals surface area contributed by atoms with Gasteiger partial charge in [0.2, 0.25) is 5.43 Å². The molecule has 1 N–H and O–H groups in total. The number of nitrogens with one attached hydrogen (secondary N) is 1. The first-order chi connectivity index (χ1) is 12.0. The molecule has 0 saturated carbocycles. The van der Waals surface area contributed by atoms with Gasteiger partial charge in [-0.15, -0.1) is 0 Å². The van der Waals surface area contributed by atoms with Crippen LogP contribution < -0.4 is 15.5 Å². The molecule has 0 saturated heterocycles. The van der Waals surface area contributed by atoms with Gasteiger partial charge in [0.25, 0.3) is 5.91 Å². The van der Waals surface area contributed by atoms with Crippen LogP contribution in [0.15, 0.2) is 47.3 Å². The van der Waals surface area contributed by atoms with Crippen LogP contribution in [-0.2, 0) is 7.05 Å². The second kappa shape index (κ2) is 6.76. The van der Waals surface area contributed by atoms with E-state index in [1.165, 1.54) is 0 Å². The normalized spacial score (nSPS) is 10.7. The van der Waals surface area contributed by atoms with Gasteiger partial charge in [0.15, 0.2) is 5.69 Å². The topological polar surface area (TPSA) is 73.2 Å². The fourth-order valence-electron chi connectivity index (χ4n) is 2.63. The van der Waals surface area contributed by atoms with Crippen LogP contribution in [-0.4, -0.2) is 22.3 Å². The lowest BCUT2D eigenvalue weighted by molar-refractivity contribution is 0.101. The van der Waals surface area contributed by atoms with Crippen LogP contribution in [0.5, 0.6) is 5.75 Å². The van der Waals surface area contributed by atoms with E-state index in [1.54, 1.807) is 42.1 Å². The van der Waals surface area contributed by atoms with Crippen molar-refractivity contribution in [3.05, 3.63) is 63.9 Å². The minimum absolute atomic E-state index is 0.130. The van der Waals surface area contributed by atoms with Gasteiger partial charge in [-0.1, -0.05) is 11.6 Å². The second-order valence-corrected chi connectivity index (χ2v) is 5.73. The van der Waals surface area contributed by atoms with E-state index in [-0.39, 0.29) is 11.1 Å². The van der Waals surface area contributed by atoms with Gasteiger partial charge >= 0.3 is 0 Å². The van der Waals surface area contributed by atoms with Crippen molar-refractivity contribution in [2.75, 3.05) is 11.9 Å². The Hall–Kier alpha value is -3.15. The van der Waals surface area contributed by atoms with E-state index in [4.69, 9.17) is 4.74 Å². The van der Waals surface area contributed by atoms with Gasteiger partial charge in [0.05, 0.1) is 17.5 Å². The minimum Gasteiger partial charge on any atom is -0.494 e. The predicted molar refractivity (Wildman–Crippen MR) is 97.3 cm³/mol. The Morgan fingerprint density at radius 1 is 1.20 bits per heavy atom. The number of carbonyl (C=O) groups excluding carboxylic acids is 1. The molecule has 1 aromatic heterocycles. The summed E-state index contributed by atoms with van der Waals surface area (Å²) in [6.45, 7) is 4.37. The maximum Gasteiger partial charge on any atom is 0.280 e. The number of ether oxygens (including phenoxy) is 1. The van der Waals surface area contributed by atoms with Crippen LogP contribution >= 0.6 is 0 Å². The molecule has 0 atom stereocenters. The number of aromatic nitrogens is 2. The van der Waals surface area contributed by atoms with Crippen molar-refractivity contribution in [1.29, 1.82) is 0 Å². The summed E-state index contributed by atoms with van der Waals surface area (Å²) in [5.41, 5.74) is 1.71. The molecular weight excluding hydrogens is 318 g/mol. The summed E-state index contributed by atoms with van der Waals surface area (Å²) < 4.78 is 6.91. The van der Waals surface area contributed by atoms with Crippen molar-refractivity contribution in [2.45, 2.75) is 13.8 Å². The van der Waals surface area contributed by atoms with Gasteiger partial charge in [0, 0.05) is 12.7 Å². The van der Waals surface area contributed by atoms with E-state index in [9.17, 15) is 9.59 Å². The van der Waals surface area contributed by atoms with Crippen LogP contribution in [0.25, 0.3) is 10.9 Å². The van der Waals surface area contributed by atoms with Gasteiger partial charge in [0.1, 0.15) is 5.75 Å². The smallest absolute Gasteiger partial charge is 0.280 e. The van der Waals surface area contributed by atoms with Gasteiger partial charge in [-0.05, 0) is 50.2 Å². The summed E-state index contributed by atoms with van der Waals surface area (Å²) in [6, 6.07) is 12.5. The number of aryl methyl sites for hydroxylation is 2. The third-order valence-electron chi connectivity index (χ3n) is 3.85. The molecule has 6 nitrogen and oxygen atoms in total. The fraction of sp³-hybridized carbons (Fsp3) is 0.211. The Morgan fingerprint density at radius 3 is 2.60 bits per heavy atom. The molecule has 1 heterocycles. The third-order valence-corrected chi connectivity index (χ3v) is 3.85. The molecule has 3 rings (SSSR count). The number of amides is 1. The molecule has 2 aromatic carbocycles. The maximum atomic E-state index is 12.6. The molecule has 25 heavy (non-hydrogen) atoms. The molecule has 1 amide bonds. The number of fused-ring (bicyclic) bond motifs is 1. The highest BCUT2D eigenvalue weighted by atomic mass is 16.5. The molecule has 0 unspecified atom stereocenters. The highest BCUT2D eigenvalue weighted by molar-refractivity contribution is 6.04. The van der Waals surface area contributed by atoms with Crippen LogP contribution in [0, 0.1) is 6.92 Å². The molecule has 0 spiro atoms. The lowest BCUT2D eigenvalue weighted by Gasteiger charge is -2.09. The third kappa shape index (κ3) is 3.38. The Morgan fingerprint density at radius 2 is 1.92 bits per heavy atom. The standard InChI is InChI=1S/C19H19N3O3/c1-4-25-14-8-6-13(7-9-14)20-19(24)17-18(23)15-11-12(2)5-10-16(15)22(3)21-17/h5-11H,4H2,1-3H3,(H,20,24). The number of carbonyl (C=O) groups is 1. The average molecular weight is 337 g/mol. The molecule has 0 aliphatic rings. The van der Waals surface area contributed by atoms with Gasteiger partial charge in [-0.25, -0.2) is 0 Å². The van der Waals surface area contributed by atoms with Crippen LogP contribution in [0.1, 0.15) is 23.0 Å². The largest absolute Gasteiger partial charge is 0.494 e. The van der Waals surface area contributed by atoms with E-state index < -0.39 is 5.91 Å². The number of anilines is 1. The lowest BCUT2D eigenvalue weighted by Crippen LogP contribution is -2.26. The highest BCUT2D eigenvalue weighted by Crippen LogP contribution is 2.16. The van der Waals surface area contributed by atoms with Gasteiger partial charge in [-0.3, -0.25) is 14.3 Å². The zero-order valence-corrected chi connectivity index (χ0v) is 14.4. The molecule has 3 aromatic rings. The van der Waals surface area contributed by atoms with Crippen LogP contribution in [0.2, 0.25) is 0 Å². The average Bonchev–Trinajstić information content (AvgIpc) is 2.60. The zero-order valence-electron chi connectivity index (χ0n) is 14.4. The first-order valence-electron chi connectivity index (χ1n) is 8.01. The van der Waals surface area contributed by atoms with Gasteiger partial charge in [-0.2, -0.15) is 5.10 Å². The number of rotatable bonds is 4. The van der Waals surface area contributed by atoms with Crippen molar-refractivity contribution >= 4 is 22.5 Å². The van der Waals surface area contributed by atoms with E-state index >= 15 is 0 Å². The number of nitrogens with zero attached hydrogens (tertiary/aromatic N) is 2. The predicted octanol–water partition coefficient (Wildman–Crippen LogP) is 2.89. The number of hydrogen-bond acceptors (Lipinski definition) is 4. The van der Waals surface area contributed by atoms with Crippen molar-refractivity contribution < 1.29 is 9.53 Å². The molecule has 0 aliphatic carbocycles. The van der Waals surface area contributed by atoms with E-state index in [0.717, 1.165) is 11.3 Å². The van der Waals surface area contributed by atoms with Crippen LogP contribution in [0.3, 0.4) is 0 Å². The minimum atomic E-state index is -0.534. The Balaban J connectivity index is 1.94. The quantitative estimate of drug-likeness (QED) is 0.794. The fourth-order valence-corrected chi connectivity index (χ4v) is 2.63. The first-order valence-corrected chi connectivity index (χ1v) is 8.01. The Bertz CT molecular complexity index is 991. The van der Waals surface area contributed by atoms with Gasteiger partial charge < -0.3 is 10.1 Å². The summed E-state index contributed by atoms with van der Waals surface area (Å²) in [5, 5.41) is 7.33. The number of benzene rings is 2. The monoisotopic (exact) mass is 337 g/mol. The lowest BCUT2D eigenvalue weighted by atomic mass is 10.1. The van der Waals surface area contributed by atoms with E-state index in [1.807, 2.05) is 26.0 Å². The summed E-state index contributed by atoms with van der Waals surface area (Å²) in [4.78, 5) is 25.2. The number of hydrogen-bond donors (Lipinski definition) is 1. The first kappa shape index (κ1) is 16.7. The van der Waals surface area contributed by atoms with Crippen LogP contribution in [0.4, 0.5) is 5.69 Å². The SMILES string of the molecule is CCOc1ccc(NC(=O)c2nn(C)c3ccc(C)cc3c2=O)cc1. The van der Waals surface area contributed by atoms with E-state index in [2.05, 4.69) is 10.4 Å². The second-order valence-electron chi connectivity index (χ2n) is 5.73. The molecule has 0 aliphatic heterocycles. The maximum absolute atomic E-state index is 12.6. The molecule has 0 fully saturated rings. The molecule has 6 heteroatoms. The summed E-state index contributed by atoms with van der Waals surface area (Å²) in [7, 11) is 1.71.